The molecule has 0 radical (unpaired) electrons. The van der Waals surface area contributed by atoms with Crippen LogP contribution in [0, 0.1) is 6.92 Å². The lowest BCUT2D eigenvalue weighted by Crippen LogP contribution is -2.23. The first-order chi connectivity index (χ1) is 8.12. The molecule has 1 heterocycles. The van der Waals surface area contributed by atoms with Gasteiger partial charge in [0.05, 0.1) is 12.2 Å². The van der Waals surface area contributed by atoms with Crippen molar-refractivity contribution in [3.05, 3.63) is 22.8 Å². The van der Waals surface area contributed by atoms with Gasteiger partial charge in [0.15, 0.2) is 0 Å². The number of hydrogen-bond donors (Lipinski definition) is 0. The van der Waals surface area contributed by atoms with E-state index in [4.69, 9.17) is 4.98 Å². The number of aryl methyl sites for hydroxylation is 1. The lowest BCUT2D eigenvalue weighted by Gasteiger charge is -2.25. The SMILES string of the molecule is Cc1nc(CN(C)C)nc(C(C)(C)C)c1C(C)C. The third-order valence-electron chi connectivity index (χ3n) is 2.93. The molecule has 0 saturated heterocycles. The molecule has 0 aliphatic rings. The fraction of sp³-hybridized carbons (Fsp3) is 0.733. The van der Waals surface area contributed by atoms with Crippen LogP contribution < -0.4 is 0 Å². The van der Waals surface area contributed by atoms with Gasteiger partial charge in [-0.25, -0.2) is 9.97 Å². The average Bonchev–Trinajstić information content (AvgIpc) is 2.12. The van der Waals surface area contributed by atoms with E-state index in [9.17, 15) is 0 Å². The summed E-state index contributed by atoms with van der Waals surface area (Å²) in [4.78, 5) is 11.6. The molecule has 1 rings (SSSR count). The average molecular weight is 249 g/mol. The molecular formula is C15H27N3. The topological polar surface area (TPSA) is 29.0 Å². The van der Waals surface area contributed by atoms with Crippen molar-refractivity contribution in [2.45, 2.75) is 59.4 Å². The zero-order valence-electron chi connectivity index (χ0n) is 13.1. The highest BCUT2D eigenvalue weighted by Gasteiger charge is 2.24. The summed E-state index contributed by atoms with van der Waals surface area (Å²) >= 11 is 0. The van der Waals surface area contributed by atoms with Crippen molar-refractivity contribution in [2.75, 3.05) is 14.1 Å². The molecule has 1 aromatic heterocycles. The molecule has 0 fully saturated rings. The molecule has 102 valence electrons. The van der Waals surface area contributed by atoms with E-state index >= 15 is 0 Å². The Balaban J connectivity index is 3.38. The first kappa shape index (κ1) is 15.1. The summed E-state index contributed by atoms with van der Waals surface area (Å²) in [6.07, 6.45) is 0. The molecule has 0 aliphatic heterocycles. The van der Waals surface area contributed by atoms with E-state index in [-0.39, 0.29) is 5.41 Å². The molecule has 0 unspecified atom stereocenters. The van der Waals surface area contributed by atoms with Gasteiger partial charge in [0.1, 0.15) is 5.82 Å². The smallest absolute Gasteiger partial charge is 0.142 e. The van der Waals surface area contributed by atoms with E-state index < -0.39 is 0 Å². The molecule has 18 heavy (non-hydrogen) atoms. The van der Waals surface area contributed by atoms with Gasteiger partial charge >= 0.3 is 0 Å². The van der Waals surface area contributed by atoms with Crippen LogP contribution in [-0.2, 0) is 12.0 Å². The quantitative estimate of drug-likeness (QED) is 0.823. The summed E-state index contributed by atoms with van der Waals surface area (Å²) in [7, 11) is 4.09. The van der Waals surface area contributed by atoms with Gasteiger partial charge in [0, 0.05) is 11.1 Å². The molecule has 0 N–H and O–H groups in total. The van der Waals surface area contributed by atoms with Crippen molar-refractivity contribution in [2.24, 2.45) is 0 Å². The fourth-order valence-corrected chi connectivity index (χ4v) is 2.26. The van der Waals surface area contributed by atoms with Crippen molar-refractivity contribution in [1.82, 2.24) is 14.9 Å². The first-order valence-corrected chi connectivity index (χ1v) is 6.65. The standard InChI is InChI=1S/C15H27N3/c1-10(2)13-11(3)16-12(9-18(7)8)17-14(13)15(4,5)6/h10H,9H2,1-8H3. The second-order valence-electron chi connectivity index (χ2n) is 6.63. The van der Waals surface area contributed by atoms with Crippen LogP contribution in [0.15, 0.2) is 0 Å². The number of rotatable bonds is 3. The molecule has 0 amide bonds. The zero-order chi connectivity index (χ0) is 14.1. The second-order valence-corrected chi connectivity index (χ2v) is 6.63. The van der Waals surface area contributed by atoms with Crippen molar-refractivity contribution in [3.63, 3.8) is 0 Å². The highest BCUT2D eigenvalue weighted by atomic mass is 15.1. The molecule has 0 bridgehead atoms. The maximum absolute atomic E-state index is 4.81. The first-order valence-electron chi connectivity index (χ1n) is 6.65. The van der Waals surface area contributed by atoms with E-state index in [1.54, 1.807) is 0 Å². The minimum absolute atomic E-state index is 0.0639. The fourth-order valence-electron chi connectivity index (χ4n) is 2.26. The van der Waals surface area contributed by atoms with Gasteiger partial charge in [0.2, 0.25) is 0 Å². The van der Waals surface area contributed by atoms with Gasteiger partial charge in [-0.3, -0.25) is 0 Å². The summed E-state index contributed by atoms with van der Waals surface area (Å²) in [5.74, 6) is 1.39. The van der Waals surface area contributed by atoms with Crippen molar-refractivity contribution >= 4 is 0 Å². The van der Waals surface area contributed by atoms with Gasteiger partial charge in [0.25, 0.3) is 0 Å². The summed E-state index contributed by atoms with van der Waals surface area (Å²) in [6.45, 7) is 14.0. The Morgan fingerprint density at radius 2 is 1.67 bits per heavy atom. The minimum atomic E-state index is 0.0639. The van der Waals surface area contributed by atoms with E-state index in [1.165, 1.54) is 11.3 Å². The lowest BCUT2D eigenvalue weighted by molar-refractivity contribution is 0.386. The Morgan fingerprint density at radius 1 is 1.11 bits per heavy atom. The van der Waals surface area contributed by atoms with Gasteiger partial charge in [-0.05, 0) is 32.5 Å². The van der Waals surface area contributed by atoms with Crippen LogP contribution in [0.1, 0.15) is 63.3 Å². The maximum Gasteiger partial charge on any atom is 0.142 e. The van der Waals surface area contributed by atoms with Crippen LogP contribution in [0.3, 0.4) is 0 Å². The molecule has 1 aromatic rings. The minimum Gasteiger partial charge on any atom is -0.302 e. The summed E-state index contributed by atoms with van der Waals surface area (Å²) < 4.78 is 0. The van der Waals surface area contributed by atoms with Crippen LogP contribution in [0.2, 0.25) is 0 Å². The van der Waals surface area contributed by atoms with Gasteiger partial charge in [-0.2, -0.15) is 0 Å². The third-order valence-corrected chi connectivity index (χ3v) is 2.93. The second kappa shape index (κ2) is 5.35. The van der Waals surface area contributed by atoms with Crippen LogP contribution in [-0.4, -0.2) is 29.0 Å². The lowest BCUT2D eigenvalue weighted by atomic mass is 9.84. The maximum atomic E-state index is 4.81. The Kier molecular flexibility index (Phi) is 4.49. The van der Waals surface area contributed by atoms with Crippen molar-refractivity contribution < 1.29 is 0 Å². The normalized spacial score (nSPS) is 12.6. The van der Waals surface area contributed by atoms with Crippen LogP contribution >= 0.6 is 0 Å². The van der Waals surface area contributed by atoms with E-state index in [1.807, 2.05) is 14.1 Å². The van der Waals surface area contributed by atoms with Crippen LogP contribution in [0.25, 0.3) is 0 Å². The Labute approximate surface area is 112 Å². The van der Waals surface area contributed by atoms with Crippen molar-refractivity contribution in [3.8, 4) is 0 Å². The molecular weight excluding hydrogens is 222 g/mol. The zero-order valence-corrected chi connectivity index (χ0v) is 13.1. The molecule has 0 spiro atoms. The number of nitrogens with zero attached hydrogens (tertiary/aromatic N) is 3. The predicted octanol–water partition coefficient (Wildman–Crippen LogP) is 3.27. The number of hydrogen-bond acceptors (Lipinski definition) is 3. The third kappa shape index (κ3) is 3.52. The molecule has 3 nitrogen and oxygen atoms in total. The van der Waals surface area contributed by atoms with Gasteiger partial charge < -0.3 is 4.90 Å². The highest BCUT2D eigenvalue weighted by molar-refractivity contribution is 5.33. The largest absolute Gasteiger partial charge is 0.302 e. The van der Waals surface area contributed by atoms with E-state index in [0.717, 1.165) is 18.1 Å². The van der Waals surface area contributed by atoms with Gasteiger partial charge in [-0.15, -0.1) is 0 Å². The molecule has 0 aromatic carbocycles. The summed E-state index contributed by atoms with van der Waals surface area (Å²) in [5.41, 5.74) is 3.70. The molecule has 0 atom stereocenters. The summed E-state index contributed by atoms with van der Waals surface area (Å²) in [6, 6.07) is 0. The van der Waals surface area contributed by atoms with Crippen LogP contribution in [0.5, 0.6) is 0 Å². The monoisotopic (exact) mass is 249 g/mol. The number of aromatic nitrogens is 2. The van der Waals surface area contributed by atoms with E-state index in [0.29, 0.717) is 5.92 Å². The van der Waals surface area contributed by atoms with Crippen molar-refractivity contribution in [1.29, 1.82) is 0 Å². The molecule has 0 aliphatic carbocycles. The van der Waals surface area contributed by atoms with Gasteiger partial charge in [-0.1, -0.05) is 34.6 Å². The molecule has 0 saturated carbocycles. The Bertz CT molecular complexity index is 414. The van der Waals surface area contributed by atoms with Crippen LogP contribution in [0.4, 0.5) is 0 Å². The highest BCUT2D eigenvalue weighted by Crippen LogP contribution is 2.30. The molecule has 3 heteroatoms. The summed E-state index contributed by atoms with van der Waals surface area (Å²) in [5, 5.41) is 0. The Hall–Kier alpha value is -0.960. The Morgan fingerprint density at radius 3 is 2.06 bits per heavy atom. The predicted molar refractivity (Wildman–Crippen MR) is 76.9 cm³/mol. The van der Waals surface area contributed by atoms with E-state index in [2.05, 4.69) is 51.4 Å².